The summed E-state index contributed by atoms with van der Waals surface area (Å²) < 4.78 is 18.6. The Bertz CT molecular complexity index is 964. The molecule has 1 N–H and O–H groups in total. The van der Waals surface area contributed by atoms with E-state index in [0.717, 1.165) is 29.6 Å². The van der Waals surface area contributed by atoms with Crippen molar-refractivity contribution in [1.82, 2.24) is 20.6 Å². The maximum atomic E-state index is 13.3. The van der Waals surface area contributed by atoms with Gasteiger partial charge < -0.3 is 4.52 Å². The third kappa shape index (κ3) is 3.55. The molecule has 0 unspecified atom stereocenters. The molecule has 6 nitrogen and oxygen atoms in total. The number of nitrogens with one attached hydrogen (secondary N) is 1. The van der Waals surface area contributed by atoms with Gasteiger partial charge in [-0.15, -0.1) is 0 Å². The molecule has 1 aliphatic rings. The van der Waals surface area contributed by atoms with Crippen molar-refractivity contribution in [3.05, 3.63) is 59.3 Å². The molecular weight excluding hydrogens is 347 g/mol. The number of carbonyl (C=O) groups excluding carboxylic acids is 1. The number of hydrazine groups is 1. The summed E-state index contributed by atoms with van der Waals surface area (Å²) >= 11 is 0. The van der Waals surface area contributed by atoms with Gasteiger partial charge >= 0.3 is 0 Å². The Labute approximate surface area is 156 Å². The van der Waals surface area contributed by atoms with Crippen molar-refractivity contribution < 1.29 is 13.7 Å². The predicted octanol–water partition coefficient (Wildman–Crippen LogP) is 3.45. The zero-order chi connectivity index (χ0) is 18.8. The standard InChI is InChI=1S/C20H21FN4O2/c1-2-17-15(4-3-9-22-17)20(26)23-25-10-7-13(8-11-25)19-16-6-5-14(21)12-18(16)27-24-19/h3-6,9,12-13H,2,7-8,10-11H2,1H3,(H,23,26). The molecule has 4 rings (SSSR count). The van der Waals surface area contributed by atoms with Crippen LogP contribution in [0.15, 0.2) is 41.1 Å². The Hall–Kier alpha value is -2.80. The van der Waals surface area contributed by atoms with E-state index in [0.29, 0.717) is 30.7 Å². The second kappa shape index (κ2) is 7.44. The first kappa shape index (κ1) is 17.6. The number of rotatable bonds is 4. The van der Waals surface area contributed by atoms with Crippen LogP contribution in [0.2, 0.25) is 0 Å². The number of pyridine rings is 1. The first-order chi connectivity index (χ1) is 13.2. The number of halogens is 1. The minimum Gasteiger partial charge on any atom is -0.356 e. The summed E-state index contributed by atoms with van der Waals surface area (Å²) in [5.74, 6) is -0.222. The number of piperidine rings is 1. The first-order valence-electron chi connectivity index (χ1n) is 9.20. The van der Waals surface area contributed by atoms with Crippen LogP contribution in [0.25, 0.3) is 11.0 Å². The minimum absolute atomic E-state index is 0.124. The van der Waals surface area contributed by atoms with Crippen molar-refractivity contribution in [2.24, 2.45) is 0 Å². The second-order valence-corrected chi connectivity index (χ2v) is 6.76. The highest BCUT2D eigenvalue weighted by molar-refractivity contribution is 5.94. The second-order valence-electron chi connectivity index (χ2n) is 6.76. The van der Waals surface area contributed by atoms with Gasteiger partial charge in [-0.2, -0.15) is 0 Å². The fourth-order valence-corrected chi connectivity index (χ4v) is 3.62. The molecule has 140 valence electrons. The van der Waals surface area contributed by atoms with Crippen LogP contribution in [-0.2, 0) is 6.42 Å². The van der Waals surface area contributed by atoms with Gasteiger partial charge in [-0.25, -0.2) is 9.40 Å². The van der Waals surface area contributed by atoms with Gasteiger partial charge in [0.05, 0.1) is 17.0 Å². The molecule has 27 heavy (non-hydrogen) atoms. The number of amides is 1. The molecule has 1 amide bonds. The lowest BCUT2D eigenvalue weighted by molar-refractivity contribution is 0.0731. The van der Waals surface area contributed by atoms with E-state index in [1.165, 1.54) is 12.1 Å². The van der Waals surface area contributed by atoms with Crippen molar-refractivity contribution in [1.29, 1.82) is 0 Å². The summed E-state index contributed by atoms with van der Waals surface area (Å²) in [7, 11) is 0. The van der Waals surface area contributed by atoms with Gasteiger partial charge in [0.1, 0.15) is 5.82 Å². The van der Waals surface area contributed by atoms with Crippen molar-refractivity contribution >= 4 is 16.9 Å². The van der Waals surface area contributed by atoms with Gasteiger partial charge in [-0.3, -0.25) is 15.2 Å². The molecule has 0 aliphatic carbocycles. The highest BCUT2D eigenvalue weighted by Gasteiger charge is 2.26. The van der Waals surface area contributed by atoms with E-state index in [1.807, 2.05) is 11.9 Å². The van der Waals surface area contributed by atoms with E-state index in [2.05, 4.69) is 15.6 Å². The van der Waals surface area contributed by atoms with Crippen LogP contribution in [0, 0.1) is 5.82 Å². The monoisotopic (exact) mass is 368 g/mol. The summed E-state index contributed by atoms with van der Waals surface area (Å²) in [5.41, 5.74) is 5.74. The van der Waals surface area contributed by atoms with Crippen LogP contribution in [0.4, 0.5) is 4.39 Å². The highest BCUT2D eigenvalue weighted by atomic mass is 19.1. The van der Waals surface area contributed by atoms with Crippen LogP contribution in [0.3, 0.4) is 0 Å². The van der Waals surface area contributed by atoms with Crippen molar-refractivity contribution in [2.45, 2.75) is 32.1 Å². The summed E-state index contributed by atoms with van der Waals surface area (Å²) in [4.78, 5) is 16.8. The quantitative estimate of drug-likeness (QED) is 0.764. The zero-order valence-electron chi connectivity index (χ0n) is 15.1. The topological polar surface area (TPSA) is 71.3 Å². The Morgan fingerprint density at radius 1 is 1.33 bits per heavy atom. The number of fused-ring (bicyclic) bond motifs is 1. The number of hydrogen-bond donors (Lipinski definition) is 1. The number of aryl methyl sites for hydroxylation is 1. The third-order valence-electron chi connectivity index (χ3n) is 5.07. The molecule has 1 saturated heterocycles. The Morgan fingerprint density at radius 3 is 2.93 bits per heavy atom. The van der Waals surface area contributed by atoms with Gasteiger partial charge in [-0.1, -0.05) is 12.1 Å². The molecule has 1 fully saturated rings. The third-order valence-corrected chi connectivity index (χ3v) is 5.07. The van der Waals surface area contributed by atoms with Crippen molar-refractivity contribution in [3.63, 3.8) is 0 Å². The largest absolute Gasteiger partial charge is 0.356 e. The SMILES string of the molecule is CCc1ncccc1C(=O)NN1CCC(c2noc3cc(F)ccc23)CC1. The summed E-state index contributed by atoms with van der Waals surface area (Å²) in [6.07, 6.45) is 4.10. The molecule has 0 radical (unpaired) electrons. The van der Waals surface area contributed by atoms with E-state index in [1.54, 1.807) is 24.4 Å². The van der Waals surface area contributed by atoms with E-state index < -0.39 is 0 Å². The van der Waals surface area contributed by atoms with E-state index in [-0.39, 0.29) is 17.6 Å². The van der Waals surface area contributed by atoms with E-state index in [9.17, 15) is 9.18 Å². The molecule has 2 aromatic heterocycles. The summed E-state index contributed by atoms with van der Waals surface area (Å²) in [6, 6.07) is 8.09. The first-order valence-corrected chi connectivity index (χ1v) is 9.20. The van der Waals surface area contributed by atoms with Gasteiger partial charge in [0.15, 0.2) is 5.58 Å². The average molecular weight is 368 g/mol. The fraction of sp³-hybridized carbons (Fsp3) is 0.350. The molecule has 3 aromatic rings. The van der Waals surface area contributed by atoms with Gasteiger partial charge in [0, 0.05) is 36.7 Å². The van der Waals surface area contributed by atoms with Gasteiger partial charge in [-0.05, 0) is 43.5 Å². The summed E-state index contributed by atoms with van der Waals surface area (Å²) in [5, 5.41) is 6.96. The van der Waals surface area contributed by atoms with Gasteiger partial charge in [0.2, 0.25) is 0 Å². The van der Waals surface area contributed by atoms with Crippen molar-refractivity contribution in [3.8, 4) is 0 Å². The number of carbonyl (C=O) groups is 1. The Morgan fingerprint density at radius 2 is 2.15 bits per heavy atom. The summed E-state index contributed by atoms with van der Waals surface area (Å²) in [6.45, 7) is 3.42. The van der Waals surface area contributed by atoms with Crippen LogP contribution < -0.4 is 5.43 Å². The molecule has 1 aromatic carbocycles. The predicted molar refractivity (Wildman–Crippen MR) is 98.6 cm³/mol. The van der Waals surface area contributed by atoms with Gasteiger partial charge in [0.25, 0.3) is 5.91 Å². The smallest absolute Gasteiger partial charge is 0.267 e. The van der Waals surface area contributed by atoms with Crippen LogP contribution in [-0.4, -0.2) is 34.1 Å². The molecule has 7 heteroatoms. The molecular formula is C20H21FN4O2. The molecule has 3 heterocycles. The number of hydrogen-bond acceptors (Lipinski definition) is 5. The molecule has 1 aliphatic heterocycles. The lowest BCUT2D eigenvalue weighted by Crippen LogP contribution is -2.46. The molecule has 0 spiro atoms. The van der Waals surface area contributed by atoms with Crippen molar-refractivity contribution in [2.75, 3.05) is 13.1 Å². The highest BCUT2D eigenvalue weighted by Crippen LogP contribution is 2.32. The zero-order valence-corrected chi connectivity index (χ0v) is 15.1. The molecule has 0 atom stereocenters. The van der Waals surface area contributed by atoms with E-state index >= 15 is 0 Å². The fourth-order valence-electron chi connectivity index (χ4n) is 3.62. The minimum atomic E-state index is -0.329. The normalized spacial score (nSPS) is 15.9. The lowest BCUT2D eigenvalue weighted by Gasteiger charge is -2.31. The Kier molecular flexibility index (Phi) is 4.85. The van der Waals surface area contributed by atoms with Crippen LogP contribution in [0.5, 0.6) is 0 Å². The Balaban J connectivity index is 1.41. The maximum Gasteiger partial charge on any atom is 0.267 e. The van der Waals surface area contributed by atoms with Crippen LogP contribution >= 0.6 is 0 Å². The molecule has 0 bridgehead atoms. The van der Waals surface area contributed by atoms with E-state index in [4.69, 9.17) is 4.52 Å². The number of benzene rings is 1. The number of aromatic nitrogens is 2. The number of nitrogens with zero attached hydrogens (tertiary/aromatic N) is 3. The van der Waals surface area contributed by atoms with Crippen LogP contribution in [0.1, 0.15) is 47.4 Å². The molecule has 0 saturated carbocycles. The average Bonchev–Trinajstić information content (AvgIpc) is 3.11. The lowest BCUT2D eigenvalue weighted by atomic mass is 9.92. The maximum absolute atomic E-state index is 13.3.